The molecule has 2 aromatic carbocycles. The zero-order valence-electron chi connectivity index (χ0n) is 19.9. The Kier molecular flexibility index (Phi) is 6.64. The second-order valence-corrected chi connectivity index (χ2v) is 10.2. The summed E-state index contributed by atoms with van der Waals surface area (Å²) in [6.07, 6.45) is 0.300. The molecule has 0 saturated carbocycles. The lowest BCUT2D eigenvalue weighted by Crippen LogP contribution is -2.45. The summed E-state index contributed by atoms with van der Waals surface area (Å²) >= 11 is 0. The minimum absolute atomic E-state index is 0.0159. The van der Waals surface area contributed by atoms with Crippen LogP contribution in [0.25, 0.3) is 11.1 Å². The third-order valence-electron chi connectivity index (χ3n) is 6.96. The number of carbonyl (C=O) groups is 3. The van der Waals surface area contributed by atoms with Crippen molar-refractivity contribution >= 4 is 18.0 Å². The highest BCUT2D eigenvalue weighted by Gasteiger charge is 2.40. The number of likely N-dealkylation sites (tertiary alicyclic amines) is 1. The Hall–Kier alpha value is -3.35. The summed E-state index contributed by atoms with van der Waals surface area (Å²) in [7, 11) is 0. The molecule has 1 aliphatic heterocycles. The molecule has 1 heterocycles. The number of hydrogen-bond donors (Lipinski definition) is 2. The minimum atomic E-state index is -0.965. The van der Waals surface area contributed by atoms with Crippen LogP contribution in [0.15, 0.2) is 48.5 Å². The molecule has 2 aliphatic rings. The molecule has 2 aromatic rings. The van der Waals surface area contributed by atoms with Gasteiger partial charge in [-0.2, -0.15) is 0 Å². The van der Waals surface area contributed by atoms with Crippen LogP contribution in [0.3, 0.4) is 0 Å². The average molecular weight is 465 g/mol. The van der Waals surface area contributed by atoms with Crippen molar-refractivity contribution in [3.63, 3.8) is 0 Å². The van der Waals surface area contributed by atoms with Gasteiger partial charge in [0, 0.05) is 25.4 Å². The van der Waals surface area contributed by atoms with Crippen molar-refractivity contribution in [3.8, 4) is 11.1 Å². The highest BCUT2D eigenvalue weighted by Crippen LogP contribution is 2.44. The van der Waals surface area contributed by atoms with E-state index in [-0.39, 0.29) is 37.3 Å². The van der Waals surface area contributed by atoms with Gasteiger partial charge in [0.25, 0.3) is 0 Å². The van der Waals surface area contributed by atoms with Crippen LogP contribution in [0.2, 0.25) is 0 Å². The fourth-order valence-corrected chi connectivity index (χ4v) is 5.14. The predicted molar refractivity (Wildman–Crippen MR) is 128 cm³/mol. The van der Waals surface area contributed by atoms with Gasteiger partial charge in [0.15, 0.2) is 0 Å². The number of carbonyl (C=O) groups excluding carboxylic acids is 2. The molecule has 1 aliphatic carbocycles. The molecule has 0 bridgehead atoms. The summed E-state index contributed by atoms with van der Waals surface area (Å²) in [6, 6.07) is 15.5. The number of benzene rings is 2. The van der Waals surface area contributed by atoms with Gasteiger partial charge in [-0.1, -0.05) is 69.3 Å². The molecule has 2 N–H and O–H groups in total. The third kappa shape index (κ3) is 4.79. The van der Waals surface area contributed by atoms with Crippen LogP contribution < -0.4 is 5.32 Å². The summed E-state index contributed by atoms with van der Waals surface area (Å²) in [5.74, 6) is -1.25. The zero-order valence-corrected chi connectivity index (χ0v) is 19.9. The molecule has 34 heavy (non-hydrogen) atoms. The molecule has 2 atom stereocenters. The second-order valence-electron chi connectivity index (χ2n) is 10.2. The van der Waals surface area contributed by atoms with Gasteiger partial charge in [-0.3, -0.25) is 4.79 Å². The van der Waals surface area contributed by atoms with E-state index in [4.69, 9.17) is 4.74 Å². The number of carboxylic acid groups (broad SMARTS) is 1. The van der Waals surface area contributed by atoms with E-state index in [0.717, 1.165) is 11.1 Å². The first-order valence-electron chi connectivity index (χ1n) is 11.8. The molecular formula is C27H32N2O5. The Morgan fingerprint density at radius 3 is 2.24 bits per heavy atom. The van der Waals surface area contributed by atoms with Gasteiger partial charge in [0.1, 0.15) is 12.6 Å². The Labute approximate surface area is 200 Å². The van der Waals surface area contributed by atoms with E-state index >= 15 is 0 Å². The SMILES string of the molecule is CC1CCN(C(=O)CC(C)(C)CNC(=O)OCC2c3ccccc3-c3ccccc32)C1C(=O)O. The lowest BCUT2D eigenvalue weighted by atomic mass is 9.88. The molecule has 180 valence electrons. The van der Waals surface area contributed by atoms with Gasteiger partial charge in [-0.15, -0.1) is 0 Å². The van der Waals surface area contributed by atoms with Crippen LogP contribution in [0.4, 0.5) is 4.79 Å². The van der Waals surface area contributed by atoms with Crippen LogP contribution in [-0.4, -0.2) is 53.7 Å². The van der Waals surface area contributed by atoms with Crippen LogP contribution >= 0.6 is 0 Å². The maximum Gasteiger partial charge on any atom is 0.407 e. The molecule has 0 radical (unpaired) electrons. The van der Waals surface area contributed by atoms with Crippen LogP contribution in [0.5, 0.6) is 0 Å². The molecule has 7 heteroatoms. The number of alkyl carbamates (subject to hydrolysis) is 1. The fourth-order valence-electron chi connectivity index (χ4n) is 5.14. The lowest BCUT2D eigenvalue weighted by molar-refractivity contribution is -0.150. The average Bonchev–Trinajstić information content (AvgIpc) is 3.34. The van der Waals surface area contributed by atoms with Crippen LogP contribution in [0, 0.1) is 11.3 Å². The smallest absolute Gasteiger partial charge is 0.407 e. The number of nitrogens with zero attached hydrogens (tertiary/aromatic N) is 1. The number of ether oxygens (including phenoxy) is 1. The number of fused-ring (bicyclic) bond motifs is 3. The Morgan fingerprint density at radius 2 is 1.65 bits per heavy atom. The normalized spacial score (nSPS) is 19.4. The molecular weight excluding hydrogens is 432 g/mol. The summed E-state index contributed by atoms with van der Waals surface area (Å²) in [5.41, 5.74) is 4.09. The maximum absolute atomic E-state index is 12.8. The van der Waals surface area contributed by atoms with Gasteiger partial charge >= 0.3 is 12.1 Å². The molecule has 0 aromatic heterocycles. The van der Waals surface area contributed by atoms with Gasteiger partial charge in [0.05, 0.1) is 0 Å². The van der Waals surface area contributed by atoms with E-state index in [1.165, 1.54) is 16.0 Å². The lowest BCUT2D eigenvalue weighted by Gasteiger charge is -2.29. The van der Waals surface area contributed by atoms with E-state index in [2.05, 4.69) is 29.6 Å². The number of aliphatic carboxylic acids is 1. The van der Waals surface area contributed by atoms with E-state index < -0.39 is 23.5 Å². The Balaban J connectivity index is 1.31. The second kappa shape index (κ2) is 9.49. The molecule has 2 unspecified atom stereocenters. The van der Waals surface area contributed by atoms with Crippen molar-refractivity contribution in [1.82, 2.24) is 10.2 Å². The molecule has 4 rings (SSSR count). The molecule has 7 nitrogen and oxygen atoms in total. The van der Waals surface area contributed by atoms with Crippen molar-refractivity contribution in [2.24, 2.45) is 11.3 Å². The van der Waals surface area contributed by atoms with E-state index in [1.54, 1.807) is 0 Å². The summed E-state index contributed by atoms with van der Waals surface area (Å²) in [6.45, 7) is 6.54. The van der Waals surface area contributed by atoms with E-state index in [9.17, 15) is 19.5 Å². The molecule has 0 spiro atoms. The third-order valence-corrected chi connectivity index (χ3v) is 6.96. The van der Waals surface area contributed by atoms with Gasteiger partial charge < -0.3 is 20.1 Å². The monoisotopic (exact) mass is 464 g/mol. The minimum Gasteiger partial charge on any atom is -0.480 e. The topological polar surface area (TPSA) is 95.9 Å². The Morgan fingerprint density at radius 1 is 1.06 bits per heavy atom. The van der Waals surface area contributed by atoms with Crippen molar-refractivity contribution in [3.05, 3.63) is 59.7 Å². The molecule has 2 amide bonds. The quantitative estimate of drug-likeness (QED) is 0.638. The summed E-state index contributed by atoms with van der Waals surface area (Å²) < 4.78 is 5.58. The zero-order chi connectivity index (χ0) is 24.5. The van der Waals surface area contributed by atoms with Crippen molar-refractivity contribution in [1.29, 1.82) is 0 Å². The number of nitrogens with one attached hydrogen (secondary N) is 1. The van der Waals surface area contributed by atoms with Crippen molar-refractivity contribution in [2.45, 2.75) is 45.6 Å². The standard InChI is InChI=1S/C27H32N2O5/c1-17-12-13-29(24(17)25(31)32)23(30)14-27(2,3)16-28-26(33)34-15-22-20-10-6-4-8-18(20)19-9-5-7-11-21(19)22/h4-11,17,22,24H,12-16H2,1-3H3,(H,28,33)(H,31,32). The van der Waals surface area contributed by atoms with Gasteiger partial charge in [-0.25, -0.2) is 9.59 Å². The number of amides is 2. The highest BCUT2D eigenvalue weighted by molar-refractivity contribution is 5.85. The predicted octanol–water partition coefficient (Wildman–Crippen LogP) is 4.26. The first kappa shape index (κ1) is 23.8. The largest absolute Gasteiger partial charge is 0.480 e. The number of carboxylic acids is 1. The van der Waals surface area contributed by atoms with Crippen LogP contribution in [0.1, 0.15) is 50.7 Å². The first-order chi connectivity index (χ1) is 16.2. The summed E-state index contributed by atoms with van der Waals surface area (Å²) in [4.78, 5) is 38.3. The van der Waals surface area contributed by atoms with Crippen molar-refractivity contribution < 1.29 is 24.2 Å². The van der Waals surface area contributed by atoms with Crippen LogP contribution in [-0.2, 0) is 14.3 Å². The fraction of sp³-hybridized carbons (Fsp3) is 0.444. The number of rotatable bonds is 7. The highest BCUT2D eigenvalue weighted by atomic mass is 16.5. The molecule has 1 saturated heterocycles. The van der Waals surface area contributed by atoms with E-state index in [0.29, 0.717) is 13.0 Å². The molecule has 1 fully saturated rings. The summed E-state index contributed by atoms with van der Waals surface area (Å²) in [5, 5.41) is 12.3. The van der Waals surface area contributed by atoms with Gasteiger partial charge in [-0.05, 0) is 40.0 Å². The number of hydrogen-bond acceptors (Lipinski definition) is 4. The maximum atomic E-state index is 12.8. The first-order valence-corrected chi connectivity index (χ1v) is 11.8. The van der Waals surface area contributed by atoms with Gasteiger partial charge in [0.2, 0.25) is 5.91 Å². The van der Waals surface area contributed by atoms with Crippen molar-refractivity contribution in [2.75, 3.05) is 19.7 Å². The Bertz CT molecular complexity index is 1050. The van der Waals surface area contributed by atoms with E-state index in [1.807, 2.05) is 45.0 Å².